The number of hydrogen-bond acceptors (Lipinski definition) is 4. The van der Waals surface area contributed by atoms with Crippen LogP contribution < -0.4 is 5.32 Å². The van der Waals surface area contributed by atoms with E-state index in [1.807, 2.05) is 6.92 Å². The predicted molar refractivity (Wildman–Crippen MR) is 90.9 cm³/mol. The number of hydrogen-bond donors (Lipinski definition) is 1. The maximum absolute atomic E-state index is 13.1. The summed E-state index contributed by atoms with van der Waals surface area (Å²) in [5, 5.41) is 7.57. The van der Waals surface area contributed by atoms with E-state index in [0.29, 0.717) is 34.6 Å². The highest BCUT2D eigenvalue weighted by molar-refractivity contribution is 6.06. The molecule has 0 aliphatic heterocycles. The number of amides is 1. The van der Waals surface area contributed by atoms with E-state index >= 15 is 0 Å². The van der Waals surface area contributed by atoms with Crippen molar-refractivity contribution in [1.82, 2.24) is 15.5 Å². The number of aromatic nitrogens is 2. The molecule has 1 aliphatic carbocycles. The third kappa shape index (κ3) is 2.77. The molecule has 128 valence electrons. The molecule has 1 saturated carbocycles. The summed E-state index contributed by atoms with van der Waals surface area (Å²) in [7, 11) is 0. The fourth-order valence-corrected chi connectivity index (χ4v) is 3.26. The minimum absolute atomic E-state index is 0.0890. The summed E-state index contributed by atoms with van der Waals surface area (Å²) in [4.78, 5) is 17.0. The first kappa shape index (κ1) is 15.7. The lowest BCUT2D eigenvalue weighted by Crippen LogP contribution is -2.32. The van der Waals surface area contributed by atoms with Crippen LogP contribution in [0.25, 0.3) is 11.1 Å². The Hall–Kier alpha value is -2.76. The number of benzene rings is 1. The lowest BCUT2D eigenvalue weighted by Gasteiger charge is -2.17. The maximum atomic E-state index is 13.1. The molecule has 5 nitrogen and oxygen atoms in total. The topological polar surface area (TPSA) is 68.0 Å². The van der Waals surface area contributed by atoms with Crippen molar-refractivity contribution in [3.63, 3.8) is 0 Å². The highest BCUT2D eigenvalue weighted by atomic mass is 19.1. The van der Waals surface area contributed by atoms with Crippen molar-refractivity contribution < 1.29 is 13.7 Å². The van der Waals surface area contributed by atoms with Crippen LogP contribution in [0.4, 0.5) is 4.39 Å². The van der Waals surface area contributed by atoms with Gasteiger partial charge in [0.05, 0.1) is 16.6 Å². The van der Waals surface area contributed by atoms with Crippen molar-refractivity contribution in [2.75, 3.05) is 6.54 Å². The Balaban J connectivity index is 1.57. The number of carbonyl (C=O) groups is 1. The van der Waals surface area contributed by atoms with Crippen LogP contribution in [-0.2, 0) is 5.41 Å². The Morgan fingerprint density at radius 3 is 2.68 bits per heavy atom. The van der Waals surface area contributed by atoms with Crippen molar-refractivity contribution in [3.05, 3.63) is 58.7 Å². The Labute approximate surface area is 144 Å². The summed E-state index contributed by atoms with van der Waals surface area (Å²) in [5.41, 5.74) is 3.22. The average molecular weight is 339 g/mol. The van der Waals surface area contributed by atoms with Crippen molar-refractivity contribution >= 4 is 17.0 Å². The first-order valence-corrected chi connectivity index (χ1v) is 8.26. The van der Waals surface area contributed by atoms with E-state index in [2.05, 4.69) is 15.5 Å². The lowest BCUT2D eigenvalue weighted by atomic mass is 9.95. The molecule has 3 aromatic rings. The van der Waals surface area contributed by atoms with Crippen molar-refractivity contribution in [1.29, 1.82) is 0 Å². The molecule has 1 N–H and O–H groups in total. The number of aryl methyl sites for hydroxylation is 2. The van der Waals surface area contributed by atoms with Gasteiger partial charge in [0.2, 0.25) is 0 Å². The van der Waals surface area contributed by atoms with Crippen LogP contribution in [0.3, 0.4) is 0 Å². The monoisotopic (exact) mass is 339 g/mol. The van der Waals surface area contributed by atoms with Crippen molar-refractivity contribution in [3.8, 4) is 0 Å². The Bertz CT molecular complexity index is 959. The van der Waals surface area contributed by atoms with E-state index < -0.39 is 0 Å². The molecule has 25 heavy (non-hydrogen) atoms. The zero-order valence-electron chi connectivity index (χ0n) is 14.1. The highest BCUT2D eigenvalue weighted by Gasteiger charge is 2.44. The van der Waals surface area contributed by atoms with Crippen LogP contribution in [0.1, 0.15) is 40.2 Å². The van der Waals surface area contributed by atoms with Gasteiger partial charge in [-0.25, -0.2) is 9.37 Å². The molecule has 6 heteroatoms. The zero-order chi connectivity index (χ0) is 17.6. The molecule has 0 saturated heterocycles. The lowest BCUT2D eigenvalue weighted by molar-refractivity contribution is 0.0951. The number of nitrogens with zero attached hydrogens (tertiary/aromatic N) is 2. The molecule has 1 amide bonds. The van der Waals surface area contributed by atoms with Crippen LogP contribution >= 0.6 is 0 Å². The summed E-state index contributed by atoms with van der Waals surface area (Å²) >= 11 is 0. The smallest absolute Gasteiger partial charge is 0.258 e. The fourth-order valence-electron chi connectivity index (χ4n) is 3.26. The van der Waals surface area contributed by atoms with E-state index in [0.717, 1.165) is 18.4 Å². The first-order chi connectivity index (χ1) is 12.0. The van der Waals surface area contributed by atoms with Gasteiger partial charge in [-0.1, -0.05) is 17.3 Å². The zero-order valence-corrected chi connectivity index (χ0v) is 14.1. The molecule has 1 fully saturated rings. The molecule has 1 aromatic carbocycles. The van der Waals surface area contributed by atoms with E-state index in [-0.39, 0.29) is 17.1 Å². The molecule has 4 rings (SSSR count). The summed E-state index contributed by atoms with van der Waals surface area (Å²) in [5.74, 6) is -0.420. The predicted octanol–water partition coefficient (Wildman–Crippen LogP) is 3.44. The molecule has 0 bridgehead atoms. The molecule has 0 unspecified atom stereocenters. The number of fused-ring (bicyclic) bond motifs is 1. The van der Waals surface area contributed by atoms with Gasteiger partial charge in [-0.3, -0.25) is 4.79 Å². The van der Waals surface area contributed by atoms with Gasteiger partial charge in [0.25, 0.3) is 11.6 Å². The summed E-state index contributed by atoms with van der Waals surface area (Å²) in [6, 6.07) is 8.28. The minimum Gasteiger partial charge on any atom is -0.351 e. The average Bonchev–Trinajstić information content (AvgIpc) is 3.30. The molecular formula is C19H18FN3O2. The van der Waals surface area contributed by atoms with Crippen LogP contribution in [-0.4, -0.2) is 22.6 Å². The van der Waals surface area contributed by atoms with E-state index in [1.54, 1.807) is 25.1 Å². The third-order valence-electron chi connectivity index (χ3n) is 4.89. The molecule has 2 aromatic heterocycles. The van der Waals surface area contributed by atoms with Crippen molar-refractivity contribution in [2.24, 2.45) is 0 Å². The second-order valence-corrected chi connectivity index (χ2v) is 6.73. The number of halogens is 1. The molecule has 0 atom stereocenters. The highest BCUT2D eigenvalue weighted by Crippen LogP contribution is 2.47. The van der Waals surface area contributed by atoms with Gasteiger partial charge in [-0.05, 0) is 50.5 Å². The number of nitrogens with one attached hydrogen (secondary N) is 1. The molecule has 0 spiro atoms. The second kappa shape index (κ2) is 5.65. The minimum atomic E-state index is -0.249. The largest absolute Gasteiger partial charge is 0.351 e. The van der Waals surface area contributed by atoms with Gasteiger partial charge in [-0.15, -0.1) is 0 Å². The van der Waals surface area contributed by atoms with Crippen LogP contribution in [0, 0.1) is 19.7 Å². The number of carbonyl (C=O) groups excluding carboxylic acids is 1. The first-order valence-electron chi connectivity index (χ1n) is 8.26. The summed E-state index contributed by atoms with van der Waals surface area (Å²) < 4.78 is 18.3. The quantitative estimate of drug-likeness (QED) is 0.791. The number of pyridine rings is 1. The molecule has 1 aliphatic rings. The maximum Gasteiger partial charge on any atom is 0.258 e. The standard InChI is InChI=1S/C19H18FN3O2/c1-11-9-15(16-12(2)23-25-18(16)22-11)17(24)21-10-19(7-8-19)13-3-5-14(20)6-4-13/h3-6,9H,7-8,10H2,1-2H3,(H,21,24). The third-order valence-corrected chi connectivity index (χ3v) is 4.89. The van der Waals surface area contributed by atoms with E-state index in [9.17, 15) is 9.18 Å². The molecule has 2 heterocycles. The van der Waals surface area contributed by atoms with Crippen LogP contribution in [0.2, 0.25) is 0 Å². The van der Waals surface area contributed by atoms with Crippen molar-refractivity contribution in [2.45, 2.75) is 32.1 Å². The Morgan fingerprint density at radius 1 is 1.28 bits per heavy atom. The summed E-state index contributed by atoms with van der Waals surface area (Å²) in [6.07, 6.45) is 1.96. The molecular weight excluding hydrogens is 321 g/mol. The van der Waals surface area contributed by atoms with Crippen LogP contribution in [0.5, 0.6) is 0 Å². The van der Waals surface area contributed by atoms with Gasteiger partial charge in [0.15, 0.2) is 0 Å². The van der Waals surface area contributed by atoms with Gasteiger partial charge in [0.1, 0.15) is 5.82 Å². The molecule has 0 radical (unpaired) electrons. The van der Waals surface area contributed by atoms with Gasteiger partial charge in [0, 0.05) is 17.7 Å². The van der Waals surface area contributed by atoms with Gasteiger partial charge in [-0.2, -0.15) is 0 Å². The summed E-state index contributed by atoms with van der Waals surface area (Å²) in [6.45, 7) is 4.13. The fraction of sp³-hybridized carbons (Fsp3) is 0.316. The number of rotatable bonds is 4. The van der Waals surface area contributed by atoms with Crippen LogP contribution in [0.15, 0.2) is 34.9 Å². The normalized spacial score (nSPS) is 15.3. The SMILES string of the molecule is Cc1cc(C(=O)NCC2(c3ccc(F)cc3)CC2)c2c(C)noc2n1. The van der Waals surface area contributed by atoms with E-state index in [1.165, 1.54) is 12.1 Å². The second-order valence-electron chi connectivity index (χ2n) is 6.73. The Morgan fingerprint density at radius 2 is 2.00 bits per heavy atom. The van der Waals surface area contributed by atoms with Gasteiger partial charge >= 0.3 is 0 Å². The van der Waals surface area contributed by atoms with Gasteiger partial charge < -0.3 is 9.84 Å². The van der Waals surface area contributed by atoms with E-state index in [4.69, 9.17) is 4.52 Å². The Kier molecular flexibility index (Phi) is 3.56.